The Bertz CT molecular complexity index is 492. The molecule has 0 aliphatic heterocycles. The fourth-order valence-corrected chi connectivity index (χ4v) is 2.98. The summed E-state index contributed by atoms with van der Waals surface area (Å²) in [6.07, 6.45) is 3.41. The van der Waals surface area contributed by atoms with Gasteiger partial charge in [-0.3, -0.25) is 24.2 Å². The fourth-order valence-electron chi connectivity index (χ4n) is 1.58. The van der Waals surface area contributed by atoms with Crippen LogP contribution in [-0.2, 0) is 13.6 Å². The van der Waals surface area contributed by atoms with Gasteiger partial charge in [-0.2, -0.15) is 0 Å². The van der Waals surface area contributed by atoms with Crippen molar-refractivity contribution in [2.75, 3.05) is 18.3 Å². The number of nitro benzene ring substituents is 1. The molecule has 1 rings (SSSR count). The second-order valence-corrected chi connectivity index (χ2v) is 6.52. The van der Waals surface area contributed by atoms with Crippen LogP contribution in [0.25, 0.3) is 0 Å². The van der Waals surface area contributed by atoms with E-state index in [1.54, 1.807) is 0 Å². The molecule has 1 N–H and O–H groups in total. The molecule has 22 heavy (non-hydrogen) atoms. The summed E-state index contributed by atoms with van der Waals surface area (Å²) in [7, 11) is -3.46. The van der Waals surface area contributed by atoms with E-state index in [0.29, 0.717) is 18.9 Å². The minimum atomic E-state index is -3.46. The van der Waals surface area contributed by atoms with Crippen LogP contribution < -0.4 is 5.09 Å². The second kappa shape index (κ2) is 9.56. The molecule has 0 atom stereocenters. The minimum Gasteiger partial charge on any atom is -0.293 e. The molecule has 7 nitrogen and oxygen atoms in total. The molecule has 0 radical (unpaired) electrons. The van der Waals surface area contributed by atoms with Crippen LogP contribution in [0, 0.1) is 10.1 Å². The molecule has 1 aromatic rings. The zero-order chi connectivity index (χ0) is 16.4. The van der Waals surface area contributed by atoms with E-state index < -0.39 is 12.7 Å². The van der Waals surface area contributed by atoms with Crippen LogP contribution in [0.1, 0.15) is 39.5 Å². The molecule has 0 saturated heterocycles. The summed E-state index contributed by atoms with van der Waals surface area (Å²) >= 11 is 0. The number of nitrogens with one attached hydrogen (secondary N) is 1. The molecule has 1 aromatic carbocycles. The lowest BCUT2D eigenvalue weighted by molar-refractivity contribution is -0.384. The van der Waals surface area contributed by atoms with Gasteiger partial charge in [0.2, 0.25) is 0 Å². The van der Waals surface area contributed by atoms with E-state index in [4.69, 9.17) is 9.05 Å². The minimum absolute atomic E-state index is 0.0285. The molecule has 0 bridgehead atoms. The van der Waals surface area contributed by atoms with Gasteiger partial charge in [-0.15, -0.1) is 0 Å². The van der Waals surface area contributed by atoms with Crippen molar-refractivity contribution in [1.29, 1.82) is 0 Å². The van der Waals surface area contributed by atoms with Crippen LogP contribution in [0.4, 0.5) is 11.4 Å². The molecule has 0 aromatic heterocycles. The van der Waals surface area contributed by atoms with Crippen LogP contribution in [-0.4, -0.2) is 18.1 Å². The average Bonchev–Trinajstić information content (AvgIpc) is 2.48. The summed E-state index contributed by atoms with van der Waals surface area (Å²) < 4.78 is 23.4. The van der Waals surface area contributed by atoms with E-state index in [-0.39, 0.29) is 5.69 Å². The Morgan fingerprint density at radius 1 is 1.09 bits per heavy atom. The predicted molar refractivity (Wildman–Crippen MR) is 86.0 cm³/mol. The highest BCUT2D eigenvalue weighted by molar-refractivity contribution is 7.55. The normalized spacial score (nSPS) is 11.4. The number of non-ortho nitro benzene ring substituents is 1. The molecular weight excluding hydrogens is 307 g/mol. The van der Waals surface area contributed by atoms with Crippen LogP contribution >= 0.6 is 7.75 Å². The van der Waals surface area contributed by atoms with Crippen molar-refractivity contribution in [3.63, 3.8) is 0 Å². The lowest BCUT2D eigenvalue weighted by Crippen LogP contribution is -2.07. The standard InChI is InChI=1S/C14H23N2O5P/c1-3-5-11-20-22(19,21-12-6-4-2)15-13-7-9-14(10-8-13)16(17)18/h7-10H,3-6,11-12H2,1-2H3,(H,15,19). The van der Waals surface area contributed by atoms with Gasteiger partial charge in [-0.05, 0) is 25.0 Å². The summed E-state index contributed by atoms with van der Waals surface area (Å²) in [5.41, 5.74) is 0.432. The number of hydrogen-bond donors (Lipinski definition) is 1. The van der Waals surface area contributed by atoms with Crippen molar-refractivity contribution >= 4 is 19.1 Å². The molecule has 0 spiro atoms. The van der Waals surface area contributed by atoms with Crippen LogP contribution in [0.5, 0.6) is 0 Å². The molecule has 124 valence electrons. The average molecular weight is 330 g/mol. The highest BCUT2D eigenvalue weighted by atomic mass is 31.2. The quantitative estimate of drug-likeness (QED) is 0.272. The Labute approximate surface area is 130 Å². The van der Waals surface area contributed by atoms with Gasteiger partial charge in [0.05, 0.1) is 18.1 Å². The predicted octanol–water partition coefficient (Wildman–Crippen LogP) is 4.75. The van der Waals surface area contributed by atoms with E-state index >= 15 is 0 Å². The lowest BCUT2D eigenvalue weighted by Gasteiger charge is -2.20. The maximum absolute atomic E-state index is 12.7. The SMILES string of the molecule is CCCCOP(=O)(Nc1ccc([N+](=O)[O-])cc1)OCCCC. The molecule has 0 amide bonds. The Kier molecular flexibility index (Phi) is 8.09. The van der Waals surface area contributed by atoms with Crippen molar-refractivity contribution in [2.45, 2.75) is 39.5 Å². The summed E-state index contributed by atoms with van der Waals surface area (Å²) in [5, 5.41) is 13.4. The maximum Gasteiger partial charge on any atom is 0.432 e. The highest BCUT2D eigenvalue weighted by Crippen LogP contribution is 2.48. The Balaban J connectivity index is 2.73. The van der Waals surface area contributed by atoms with Gasteiger partial charge in [0.1, 0.15) is 0 Å². The number of nitro groups is 1. The Morgan fingerprint density at radius 3 is 2.00 bits per heavy atom. The Morgan fingerprint density at radius 2 is 1.59 bits per heavy atom. The number of nitrogens with zero attached hydrogens (tertiary/aromatic N) is 1. The van der Waals surface area contributed by atoms with E-state index in [1.165, 1.54) is 24.3 Å². The number of anilines is 1. The van der Waals surface area contributed by atoms with Crippen molar-refractivity contribution in [1.82, 2.24) is 0 Å². The van der Waals surface area contributed by atoms with E-state index in [0.717, 1.165) is 25.7 Å². The first-order chi connectivity index (χ1) is 10.5. The summed E-state index contributed by atoms with van der Waals surface area (Å²) in [5.74, 6) is 0. The number of benzene rings is 1. The zero-order valence-corrected chi connectivity index (χ0v) is 13.9. The lowest BCUT2D eigenvalue weighted by atomic mass is 10.3. The van der Waals surface area contributed by atoms with Crippen molar-refractivity contribution < 1.29 is 18.5 Å². The van der Waals surface area contributed by atoms with Crippen molar-refractivity contribution in [3.05, 3.63) is 34.4 Å². The highest BCUT2D eigenvalue weighted by Gasteiger charge is 2.24. The maximum atomic E-state index is 12.7. The smallest absolute Gasteiger partial charge is 0.293 e. The first-order valence-electron chi connectivity index (χ1n) is 7.42. The van der Waals surface area contributed by atoms with Crippen LogP contribution in [0.3, 0.4) is 0 Å². The number of rotatable bonds is 11. The molecule has 0 saturated carbocycles. The van der Waals surface area contributed by atoms with Gasteiger partial charge in [0.25, 0.3) is 5.69 Å². The zero-order valence-electron chi connectivity index (χ0n) is 13.0. The third kappa shape index (κ3) is 6.56. The molecule has 0 heterocycles. The fraction of sp³-hybridized carbons (Fsp3) is 0.571. The van der Waals surface area contributed by atoms with Crippen LogP contribution in [0.15, 0.2) is 24.3 Å². The van der Waals surface area contributed by atoms with E-state index in [9.17, 15) is 14.7 Å². The molecule has 8 heteroatoms. The van der Waals surface area contributed by atoms with Gasteiger partial charge >= 0.3 is 7.75 Å². The van der Waals surface area contributed by atoms with Gasteiger partial charge in [0, 0.05) is 17.8 Å². The summed E-state index contributed by atoms with van der Waals surface area (Å²) in [6.45, 7) is 4.69. The molecule has 0 aliphatic carbocycles. The van der Waals surface area contributed by atoms with Gasteiger partial charge in [-0.25, -0.2) is 4.57 Å². The van der Waals surface area contributed by atoms with E-state index in [1.807, 2.05) is 13.8 Å². The number of hydrogen-bond acceptors (Lipinski definition) is 5. The summed E-state index contributed by atoms with van der Waals surface area (Å²) in [4.78, 5) is 10.1. The Hall–Kier alpha value is -1.43. The first-order valence-corrected chi connectivity index (χ1v) is 8.97. The number of unbranched alkanes of at least 4 members (excludes halogenated alkanes) is 2. The van der Waals surface area contributed by atoms with Crippen LogP contribution in [0.2, 0.25) is 0 Å². The monoisotopic (exact) mass is 330 g/mol. The second-order valence-electron chi connectivity index (χ2n) is 4.79. The molecule has 0 fully saturated rings. The topological polar surface area (TPSA) is 90.7 Å². The summed E-state index contributed by atoms with van der Waals surface area (Å²) in [6, 6.07) is 5.64. The van der Waals surface area contributed by atoms with Gasteiger partial charge in [0.15, 0.2) is 0 Å². The van der Waals surface area contributed by atoms with Gasteiger partial charge in [-0.1, -0.05) is 26.7 Å². The van der Waals surface area contributed by atoms with Crippen molar-refractivity contribution in [2.24, 2.45) is 0 Å². The molecule has 0 unspecified atom stereocenters. The first kappa shape index (κ1) is 18.6. The van der Waals surface area contributed by atoms with Gasteiger partial charge < -0.3 is 0 Å². The van der Waals surface area contributed by atoms with E-state index in [2.05, 4.69) is 5.09 Å². The molecule has 0 aliphatic rings. The third-order valence-corrected chi connectivity index (χ3v) is 4.44. The van der Waals surface area contributed by atoms with Crippen molar-refractivity contribution in [3.8, 4) is 0 Å². The third-order valence-electron chi connectivity index (χ3n) is 2.86. The molecular formula is C14H23N2O5P. The largest absolute Gasteiger partial charge is 0.432 e.